The Labute approximate surface area is 112 Å². The van der Waals surface area contributed by atoms with Crippen LogP contribution in [0.15, 0.2) is 24.3 Å². The SMILES string of the molecule is CS(=O)(=O)CCNC(=O)c1ccccc1C#CCO. The Morgan fingerprint density at radius 2 is 2.05 bits per heavy atom. The zero-order valence-electron chi connectivity index (χ0n) is 10.5. The molecule has 0 aliphatic carbocycles. The van der Waals surface area contributed by atoms with Gasteiger partial charge in [0.15, 0.2) is 0 Å². The van der Waals surface area contributed by atoms with E-state index >= 15 is 0 Å². The average molecular weight is 281 g/mol. The largest absolute Gasteiger partial charge is 0.384 e. The summed E-state index contributed by atoms with van der Waals surface area (Å²) in [4.78, 5) is 11.9. The smallest absolute Gasteiger partial charge is 0.252 e. The Kier molecular flexibility index (Phi) is 5.55. The second-order valence-corrected chi connectivity index (χ2v) is 6.15. The standard InChI is InChI=1S/C13H15NO4S/c1-19(17,18)10-8-14-13(16)12-7-3-2-5-11(12)6-4-9-15/h2-3,5,7,15H,8-10H2,1H3,(H,14,16). The van der Waals surface area contributed by atoms with Gasteiger partial charge in [-0.2, -0.15) is 0 Å². The van der Waals surface area contributed by atoms with Crippen LogP contribution in [0, 0.1) is 11.8 Å². The van der Waals surface area contributed by atoms with Gasteiger partial charge >= 0.3 is 0 Å². The van der Waals surface area contributed by atoms with Gasteiger partial charge in [-0.3, -0.25) is 4.79 Å². The first-order chi connectivity index (χ1) is 8.94. The van der Waals surface area contributed by atoms with E-state index in [9.17, 15) is 13.2 Å². The van der Waals surface area contributed by atoms with Crippen molar-refractivity contribution >= 4 is 15.7 Å². The molecule has 0 aliphatic heterocycles. The zero-order valence-corrected chi connectivity index (χ0v) is 11.3. The molecule has 0 atom stereocenters. The van der Waals surface area contributed by atoms with Crippen molar-refractivity contribution in [3.8, 4) is 11.8 Å². The fourth-order valence-corrected chi connectivity index (χ4v) is 1.84. The van der Waals surface area contributed by atoms with Crippen molar-refractivity contribution in [1.29, 1.82) is 0 Å². The average Bonchev–Trinajstić information content (AvgIpc) is 2.35. The molecule has 1 amide bonds. The van der Waals surface area contributed by atoms with Gasteiger partial charge in [0, 0.05) is 18.4 Å². The molecule has 0 fully saturated rings. The molecule has 0 saturated carbocycles. The second kappa shape index (κ2) is 6.92. The lowest BCUT2D eigenvalue weighted by molar-refractivity contribution is 0.0956. The van der Waals surface area contributed by atoms with Gasteiger partial charge in [0.05, 0.1) is 11.3 Å². The van der Waals surface area contributed by atoms with Crippen LogP contribution in [-0.4, -0.2) is 44.6 Å². The molecule has 0 unspecified atom stereocenters. The maximum Gasteiger partial charge on any atom is 0.252 e. The maximum absolute atomic E-state index is 11.9. The van der Waals surface area contributed by atoms with E-state index in [-0.39, 0.29) is 24.8 Å². The Balaban J connectivity index is 2.77. The fourth-order valence-electron chi connectivity index (χ4n) is 1.37. The summed E-state index contributed by atoms with van der Waals surface area (Å²) in [6.45, 7) is -0.233. The summed E-state index contributed by atoms with van der Waals surface area (Å²) in [5, 5.41) is 11.2. The number of aliphatic hydroxyl groups excluding tert-OH is 1. The number of sulfone groups is 1. The molecule has 1 rings (SSSR count). The highest BCUT2D eigenvalue weighted by atomic mass is 32.2. The maximum atomic E-state index is 11.9. The van der Waals surface area contributed by atoms with Crippen LogP contribution < -0.4 is 5.32 Å². The molecule has 2 N–H and O–H groups in total. The molecule has 0 bridgehead atoms. The number of nitrogens with one attached hydrogen (secondary N) is 1. The summed E-state index contributed by atoms with van der Waals surface area (Å²) < 4.78 is 21.9. The normalized spacial score (nSPS) is 10.4. The van der Waals surface area contributed by atoms with Crippen LogP contribution in [0.3, 0.4) is 0 Å². The van der Waals surface area contributed by atoms with Gasteiger partial charge in [-0.15, -0.1) is 0 Å². The molecule has 5 nitrogen and oxygen atoms in total. The third kappa shape index (κ3) is 5.55. The predicted molar refractivity (Wildman–Crippen MR) is 72.4 cm³/mol. The molecule has 0 aliphatic rings. The highest BCUT2D eigenvalue weighted by Gasteiger charge is 2.10. The monoisotopic (exact) mass is 281 g/mol. The number of hydrogen-bond donors (Lipinski definition) is 2. The van der Waals surface area contributed by atoms with Crippen molar-refractivity contribution < 1.29 is 18.3 Å². The van der Waals surface area contributed by atoms with Crippen LogP contribution in [0.1, 0.15) is 15.9 Å². The molecule has 1 aromatic carbocycles. The lowest BCUT2D eigenvalue weighted by Gasteiger charge is -2.06. The summed E-state index contributed by atoms with van der Waals surface area (Å²) in [7, 11) is -3.10. The Bertz CT molecular complexity index is 611. The first-order valence-electron chi connectivity index (χ1n) is 5.59. The van der Waals surface area contributed by atoms with Crippen LogP contribution in [0.5, 0.6) is 0 Å². The Morgan fingerprint density at radius 3 is 2.68 bits per heavy atom. The van der Waals surface area contributed by atoms with Crippen molar-refractivity contribution in [2.45, 2.75) is 0 Å². The molecule has 0 saturated heterocycles. The van der Waals surface area contributed by atoms with Crippen molar-refractivity contribution in [1.82, 2.24) is 5.32 Å². The minimum Gasteiger partial charge on any atom is -0.384 e. The van der Waals surface area contributed by atoms with Gasteiger partial charge in [-0.1, -0.05) is 24.0 Å². The molecule has 0 radical (unpaired) electrons. The quantitative estimate of drug-likeness (QED) is 0.749. The van der Waals surface area contributed by atoms with Gasteiger partial charge in [0.25, 0.3) is 5.91 Å². The summed E-state index contributed by atoms with van der Waals surface area (Å²) in [6, 6.07) is 6.68. The van der Waals surface area contributed by atoms with Gasteiger partial charge in [0.1, 0.15) is 16.4 Å². The van der Waals surface area contributed by atoms with Gasteiger partial charge < -0.3 is 10.4 Å². The molecular formula is C13H15NO4S. The van der Waals surface area contributed by atoms with Crippen LogP contribution >= 0.6 is 0 Å². The highest BCUT2D eigenvalue weighted by Crippen LogP contribution is 2.06. The van der Waals surface area contributed by atoms with E-state index in [0.29, 0.717) is 11.1 Å². The van der Waals surface area contributed by atoms with Crippen molar-refractivity contribution in [3.05, 3.63) is 35.4 Å². The minimum atomic E-state index is -3.10. The molecule has 1 aromatic rings. The van der Waals surface area contributed by atoms with E-state index in [4.69, 9.17) is 5.11 Å². The number of amides is 1. The zero-order chi connectivity index (χ0) is 14.3. The van der Waals surface area contributed by atoms with Crippen molar-refractivity contribution in [3.63, 3.8) is 0 Å². The lowest BCUT2D eigenvalue weighted by atomic mass is 10.1. The van der Waals surface area contributed by atoms with Crippen LogP contribution in [0.25, 0.3) is 0 Å². The topological polar surface area (TPSA) is 83.5 Å². The number of carbonyl (C=O) groups is 1. The first kappa shape index (κ1) is 15.2. The van der Waals surface area contributed by atoms with Gasteiger partial charge in [0.2, 0.25) is 0 Å². The Morgan fingerprint density at radius 1 is 1.37 bits per heavy atom. The van der Waals surface area contributed by atoms with Crippen molar-refractivity contribution in [2.24, 2.45) is 0 Å². The first-order valence-corrected chi connectivity index (χ1v) is 7.65. The third-order valence-electron chi connectivity index (χ3n) is 2.23. The van der Waals surface area contributed by atoms with E-state index in [2.05, 4.69) is 17.2 Å². The molecule has 0 heterocycles. The molecule has 102 valence electrons. The predicted octanol–water partition coefficient (Wildman–Crippen LogP) is -0.195. The van der Waals surface area contributed by atoms with Crippen LogP contribution in [0.4, 0.5) is 0 Å². The number of hydrogen-bond acceptors (Lipinski definition) is 4. The summed E-state index contributed by atoms with van der Waals surface area (Å²) in [5.41, 5.74) is 0.852. The number of carbonyl (C=O) groups excluding carboxylic acids is 1. The van der Waals surface area contributed by atoms with E-state index in [1.165, 1.54) is 0 Å². The molecule has 0 aromatic heterocycles. The summed E-state index contributed by atoms with van der Waals surface area (Å²) in [6.07, 6.45) is 1.11. The van der Waals surface area contributed by atoms with Crippen LogP contribution in [-0.2, 0) is 9.84 Å². The third-order valence-corrected chi connectivity index (χ3v) is 3.18. The van der Waals surface area contributed by atoms with E-state index in [1.54, 1.807) is 24.3 Å². The molecule has 0 spiro atoms. The molecular weight excluding hydrogens is 266 g/mol. The second-order valence-electron chi connectivity index (χ2n) is 3.89. The Hall–Kier alpha value is -1.84. The summed E-state index contributed by atoms with van der Waals surface area (Å²) >= 11 is 0. The minimum absolute atomic E-state index is 0.0550. The van der Waals surface area contributed by atoms with Gasteiger partial charge in [-0.25, -0.2) is 8.42 Å². The van der Waals surface area contributed by atoms with E-state index < -0.39 is 9.84 Å². The number of benzene rings is 1. The van der Waals surface area contributed by atoms with Crippen LogP contribution in [0.2, 0.25) is 0 Å². The lowest BCUT2D eigenvalue weighted by Crippen LogP contribution is -2.29. The summed E-state index contributed by atoms with van der Waals surface area (Å²) in [5.74, 6) is 4.65. The highest BCUT2D eigenvalue weighted by molar-refractivity contribution is 7.90. The fraction of sp³-hybridized carbons (Fsp3) is 0.308. The number of aliphatic hydroxyl groups is 1. The van der Waals surface area contributed by atoms with E-state index in [0.717, 1.165) is 6.26 Å². The number of rotatable bonds is 4. The molecule has 6 heteroatoms. The van der Waals surface area contributed by atoms with Gasteiger partial charge in [-0.05, 0) is 12.1 Å². The molecule has 19 heavy (non-hydrogen) atoms. The van der Waals surface area contributed by atoms with Crippen molar-refractivity contribution in [2.75, 3.05) is 25.2 Å². The van der Waals surface area contributed by atoms with E-state index in [1.807, 2.05) is 0 Å².